The molecule has 1 aliphatic carbocycles. The fourth-order valence-corrected chi connectivity index (χ4v) is 5.92. The van der Waals surface area contributed by atoms with E-state index >= 15 is 0 Å². The van der Waals surface area contributed by atoms with E-state index in [1.54, 1.807) is 6.07 Å². The highest BCUT2D eigenvalue weighted by atomic mass is 35.5. The molecule has 6 heteroatoms. The van der Waals surface area contributed by atoms with Crippen LogP contribution in [0.25, 0.3) is 6.08 Å². The number of hydrogen-bond acceptors (Lipinski definition) is 3. The van der Waals surface area contributed by atoms with Crippen LogP contribution in [0.4, 0.5) is 11.4 Å². The lowest BCUT2D eigenvalue weighted by atomic mass is 9.71. The fraction of sp³-hybridized carbons (Fsp3) is 0.444. The molecule has 2 saturated heterocycles. The zero-order valence-electron chi connectivity index (χ0n) is 19.1. The second kappa shape index (κ2) is 9.69. The van der Waals surface area contributed by atoms with Crippen molar-refractivity contribution in [1.82, 2.24) is 4.90 Å². The molecular formula is C27H31Cl2N3O. The highest BCUT2D eigenvalue weighted by molar-refractivity contribution is 6.42. The minimum absolute atomic E-state index is 0.102. The van der Waals surface area contributed by atoms with Gasteiger partial charge in [0.25, 0.3) is 5.91 Å². The highest BCUT2D eigenvalue weighted by Gasteiger charge is 2.40. The Morgan fingerprint density at radius 1 is 0.939 bits per heavy atom. The SMILES string of the molecule is CN1CCN(c2ccccc2C=C2C(=O)N(c3ccc(Cl)c(Cl)c3)CC3CCCCC23)CC1. The van der Waals surface area contributed by atoms with Crippen LogP contribution in [0.1, 0.15) is 31.2 Å². The minimum atomic E-state index is 0.102. The molecular weight excluding hydrogens is 453 g/mol. The van der Waals surface area contributed by atoms with E-state index in [0.29, 0.717) is 21.9 Å². The second-order valence-electron chi connectivity index (χ2n) is 9.61. The number of rotatable bonds is 3. The number of fused-ring (bicyclic) bond motifs is 1. The Hall–Kier alpha value is -2.01. The molecule has 0 bridgehead atoms. The van der Waals surface area contributed by atoms with Gasteiger partial charge >= 0.3 is 0 Å². The number of benzene rings is 2. The molecule has 0 radical (unpaired) electrons. The molecule has 0 aromatic heterocycles. The van der Waals surface area contributed by atoms with Crippen molar-refractivity contribution in [1.29, 1.82) is 0 Å². The van der Waals surface area contributed by atoms with Crippen molar-refractivity contribution in [3.63, 3.8) is 0 Å². The molecule has 2 aromatic rings. The topological polar surface area (TPSA) is 26.8 Å². The van der Waals surface area contributed by atoms with Gasteiger partial charge in [0.1, 0.15) is 0 Å². The average molecular weight is 484 g/mol. The van der Waals surface area contributed by atoms with Crippen molar-refractivity contribution in [3.8, 4) is 0 Å². The molecule has 2 aliphatic heterocycles. The minimum Gasteiger partial charge on any atom is -0.368 e. The third-order valence-corrected chi connectivity index (χ3v) is 8.26. The van der Waals surface area contributed by atoms with Crippen LogP contribution in [0.2, 0.25) is 10.0 Å². The molecule has 0 spiro atoms. The summed E-state index contributed by atoms with van der Waals surface area (Å²) in [5.41, 5.74) is 4.14. The lowest BCUT2D eigenvalue weighted by molar-refractivity contribution is -0.117. The predicted octanol–water partition coefficient (Wildman–Crippen LogP) is 5.98. The smallest absolute Gasteiger partial charge is 0.254 e. The molecule has 1 saturated carbocycles. The Morgan fingerprint density at radius 2 is 1.70 bits per heavy atom. The molecule has 174 valence electrons. The molecule has 2 unspecified atom stereocenters. The number of carbonyl (C=O) groups is 1. The van der Waals surface area contributed by atoms with Crippen molar-refractivity contribution in [2.24, 2.45) is 11.8 Å². The molecule has 5 rings (SSSR count). The van der Waals surface area contributed by atoms with Crippen molar-refractivity contribution < 1.29 is 4.79 Å². The maximum absolute atomic E-state index is 13.9. The number of para-hydroxylation sites is 1. The number of anilines is 2. The summed E-state index contributed by atoms with van der Waals surface area (Å²) in [6.45, 7) is 4.87. The van der Waals surface area contributed by atoms with Crippen LogP contribution in [0.5, 0.6) is 0 Å². The number of likely N-dealkylation sites (N-methyl/N-ethyl adjacent to an activating group) is 1. The summed E-state index contributed by atoms with van der Waals surface area (Å²) in [5, 5.41) is 0.996. The highest BCUT2D eigenvalue weighted by Crippen LogP contribution is 2.43. The number of hydrogen-bond donors (Lipinski definition) is 0. The lowest BCUT2D eigenvalue weighted by Crippen LogP contribution is -2.47. The van der Waals surface area contributed by atoms with Gasteiger partial charge in [-0.3, -0.25) is 4.79 Å². The van der Waals surface area contributed by atoms with Gasteiger partial charge in [-0.2, -0.15) is 0 Å². The Labute approximate surface area is 206 Å². The van der Waals surface area contributed by atoms with Gasteiger partial charge in [0.15, 0.2) is 0 Å². The van der Waals surface area contributed by atoms with E-state index in [4.69, 9.17) is 23.2 Å². The summed E-state index contributed by atoms with van der Waals surface area (Å²) >= 11 is 12.5. The van der Waals surface area contributed by atoms with E-state index in [9.17, 15) is 4.79 Å². The van der Waals surface area contributed by atoms with E-state index in [0.717, 1.165) is 62.4 Å². The van der Waals surface area contributed by atoms with E-state index < -0.39 is 0 Å². The standard InChI is InChI=1S/C27H31Cl2N3O/c1-30-12-14-31(15-13-30)26-9-5-3-6-19(26)16-23-22-8-4-2-7-20(22)18-32(27(23)33)21-10-11-24(28)25(29)17-21/h3,5-6,9-11,16-17,20,22H,2,4,7-8,12-15,18H2,1H3. The first-order valence-corrected chi connectivity index (χ1v) is 12.8. The monoisotopic (exact) mass is 483 g/mol. The van der Waals surface area contributed by atoms with Crippen molar-refractivity contribution in [2.45, 2.75) is 25.7 Å². The van der Waals surface area contributed by atoms with Crippen LogP contribution < -0.4 is 9.80 Å². The maximum Gasteiger partial charge on any atom is 0.254 e. The number of halogens is 2. The van der Waals surface area contributed by atoms with E-state index in [-0.39, 0.29) is 5.91 Å². The maximum atomic E-state index is 13.9. The Bertz CT molecular complexity index is 1060. The summed E-state index contributed by atoms with van der Waals surface area (Å²) in [6.07, 6.45) is 6.86. The van der Waals surface area contributed by atoms with Gasteiger partial charge < -0.3 is 14.7 Å². The molecule has 4 nitrogen and oxygen atoms in total. The number of piperazine rings is 1. The van der Waals surface area contributed by atoms with Crippen LogP contribution in [0.15, 0.2) is 48.0 Å². The normalized spacial score (nSPS) is 25.4. The molecule has 3 aliphatic rings. The van der Waals surface area contributed by atoms with Crippen LogP contribution in [0.3, 0.4) is 0 Å². The molecule has 2 aromatic carbocycles. The summed E-state index contributed by atoms with van der Waals surface area (Å²) in [7, 11) is 2.17. The van der Waals surface area contributed by atoms with Crippen LogP contribution in [-0.4, -0.2) is 50.6 Å². The average Bonchev–Trinajstić information content (AvgIpc) is 2.83. The first-order valence-electron chi connectivity index (χ1n) is 12.0. The largest absolute Gasteiger partial charge is 0.368 e. The molecule has 33 heavy (non-hydrogen) atoms. The van der Waals surface area contributed by atoms with Gasteiger partial charge in [-0.15, -0.1) is 0 Å². The number of carbonyl (C=O) groups excluding carboxylic acids is 1. The first-order chi connectivity index (χ1) is 16.0. The fourth-order valence-electron chi connectivity index (χ4n) is 5.62. The second-order valence-corrected chi connectivity index (χ2v) is 10.4. The first kappa shape index (κ1) is 22.8. The Balaban J connectivity index is 1.52. The summed E-state index contributed by atoms with van der Waals surface area (Å²) in [6, 6.07) is 14.0. The van der Waals surface area contributed by atoms with Crippen LogP contribution in [-0.2, 0) is 4.79 Å². The quantitative estimate of drug-likeness (QED) is 0.502. The molecule has 2 heterocycles. The number of piperidine rings is 1. The van der Waals surface area contributed by atoms with Gasteiger partial charge in [0, 0.05) is 49.7 Å². The van der Waals surface area contributed by atoms with Crippen molar-refractivity contribution in [2.75, 3.05) is 49.6 Å². The van der Waals surface area contributed by atoms with Gasteiger partial charge in [-0.05, 0) is 67.6 Å². The van der Waals surface area contributed by atoms with Gasteiger partial charge in [0.2, 0.25) is 0 Å². The zero-order valence-corrected chi connectivity index (χ0v) is 20.7. The van der Waals surface area contributed by atoms with Crippen LogP contribution in [0, 0.1) is 11.8 Å². The van der Waals surface area contributed by atoms with Gasteiger partial charge in [0.05, 0.1) is 10.0 Å². The zero-order chi connectivity index (χ0) is 22.9. The summed E-state index contributed by atoms with van der Waals surface area (Å²) < 4.78 is 0. The number of amides is 1. The third-order valence-electron chi connectivity index (χ3n) is 7.52. The Morgan fingerprint density at radius 3 is 2.48 bits per heavy atom. The van der Waals surface area contributed by atoms with E-state index in [1.165, 1.54) is 18.5 Å². The van der Waals surface area contributed by atoms with Crippen LogP contribution >= 0.6 is 23.2 Å². The molecule has 3 fully saturated rings. The molecule has 2 atom stereocenters. The molecule has 0 N–H and O–H groups in total. The lowest BCUT2D eigenvalue weighted by Gasteiger charge is -2.42. The van der Waals surface area contributed by atoms with Crippen molar-refractivity contribution >= 4 is 46.6 Å². The Kier molecular flexibility index (Phi) is 6.69. The summed E-state index contributed by atoms with van der Waals surface area (Å²) in [5.74, 6) is 0.906. The van der Waals surface area contributed by atoms with E-state index in [1.807, 2.05) is 17.0 Å². The predicted molar refractivity (Wildman–Crippen MR) is 138 cm³/mol. The third kappa shape index (κ3) is 4.66. The number of nitrogens with zero attached hydrogens (tertiary/aromatic N) is 3. The van der Waals surface area contributed by atoms with Crippen molar-refractivity contribution in [3.05, 3.63) is 63.6 Å². The summed E-state index contributed by atoms with van der Waals surface area (Å²) in [4.78, 5) is 20.6. The van der Waals surface area contributed by atoms with E-state index in [2.05, 4.69) is 47.2 Å². The molecule has 1 amide bonds. The van der Waals surface area contributed by atoms with Gasteiger partial charge in [-0.1, -0.05) is 54.2 Å². The van der Waals surface area contributed by atoms with Gasteiger partial charge in [-0.25, -0.2) is 0 Å².